The van der Waals surface area contributed by atoms with Crippen LogP contribution in [0.5, 0.6) is 0 Å². The van der Waals surface area contributed by atoms with Gasteiger partial charge in [0.05, 0.1) is 13.0 Å². The molecule has 0 spiro atoms. The highest BCUT2D eigenvalue weighted by molar-refractivity contribution is 6.30. The van der Waals surface area contributed by atoms with Gasteiger partial charge in [0.1, 0.15) is 0 Å². The van der Waals surface area contributed by atoms with Gasteiger partial charge in [0.15, 0.2) is 0 Å². The van der Waals surface area contributed by atoms with Crippen molar-refractivity contribution in [1.82, 2.24) is 0 Å². The monoisotopic (exact) mass is 452 g/mol. The zero-order valence-electron chi connectivity index (χ0n) is 18.4. The van der Waals surface area contributed by atoms with Crippen molar-refractivity contribution in [1.29, 1.82) is 0 Å². The molecule has 1 saturated carbocycles. The lowest BCUT2D eigenvalue weighted by molar-refractivity contribution is -0.156. The minimum atomic E-state index is -0.672. The third kappa shape index (κ3) is 3.13. The molecular formula is C30H25ClO2. The number of hydrogen-bond donors (Lipinski definition) is 0. The summed E-state index contributed by atoms with van der Waals surface area (Å²) in [7, 11) is 1.48. The van der Waals surface area contributed by atoms with Gasteiger partial charge in [-0.05, 0) is 40.8 Å². The second kappa shape index (κ2) is 8.53. The predicted molar refractivity (Wildman–Crippen MR) is 132 cm³/mol. The summed E-state index contributed by atoms with van der Waals surface area (Å²) in [4.78, 5) is 13.3. The molecule has 0 bridgehead atoms. The fourth-order valence-corrected chi connectivity index (χ4v) is 6.09. The van der Waals surface area contributed by atoms with E-state index < -0.39 is 10.8 Å². The van der Waals surface area contributed by atoms with Gasteiger partial charge in [-0.2, -0.15) is 0 Å². The Morgan fingerprint density at radius 1 is 0.697 bits per heavy atom. The number of ether oxygens (including phenoxy) is 1. The largest absolute Gasteiger partial charge is 0.469 e. The van der Waals surface area contributed by atoms with Crippen molar-refractivity contribution in [2.24, 2.45) is 5.92 Å². The van der Waals surface area contributed by atoms with Crippen LogP contribution in [0.25, 0.3) is 0 Å². The number of esters is 1. The van der Waals surface area contributed by atoms with Crippen LogP contribution < -0.4 is 0 Å². The zero-order chi connectivity index (χ0) is 22.9. The Balaban J connectivity index is 1.92. The summed E-state index contributed by atoms with van der Waals surface area (Å²) < 4.78 is 5.38. The van der Waals surface area contributed by atoms with Gasteiger partial charge in [-0.15, -0.1) is 0 Å². The lowest BCUT2D eigenvalue weighted by Crippen LogP contribution is -2.67. The molecule has 0 saturated heterocycles. The Bertz CT molecular complexity index is 1200. The molecule has 2 nitrogen and oxygen atoms in total. The van der Waals surface area contributed by atoms with Gasteiger partial charge in [0, 0.05) is 15.9 Å². The van der Waals surface area contributed by atoms with E-state index in [0.29, 0.717) is 11.4 Å². The van der Waals surface area contributed by atoms with Crippen molar-refractivity contribution in [2.75, 3.05) is 7.11 Å². The maximum atomic E-state index is 13.3. The fourth-order valence-electron chi connectivity index (χ4n) is 5.97. The fraction of sp³-hybridized carbons (Fsp3) is 0.167. The highest BCUT2D eigenvalue weighted by atomic mass is 35.5. The van der Waals surface area contributed by atoms with E-state index in [-0.39, 0.29) is 11.9 Å². The number of carbonyl (C=O) groups excluding carboxylic acids is 1. The molecule has 0 heterocycles. The Labute approximate surface area is 199 Å². The molecular weight excluding hydrogens is 428 g/mol. The molecule has 164 valence electrons. The third-order valence-corrected chi connectivity index (χ3v) is 7.51. The molecule has 1 aliphatic rings. The molecule has 1 fully saturated rings. The molecule has 0 aromatic heterocycles. The SMILES string of the molecule is COC(=O)C1CC(c2ccccc2)(c2ccccc2)[C@]1(c1ccccc1)c1ccc(Cl)cc1. The first-order chi connectivity index (χ1) is 16.1. The maximum absolute atomic E-state index is 13.3. The van der Waals surface area contributed by atoms with Gasteiger partial charge in [-0.3, -0.25) is 4.79 Å². The van der Waals surface area contributed by atoms with E-state index in [4.69, 9.17) is 16.3 Å². The van der Waals surface area contributed by atoms with E-state index in [1.807, 2.05) is 42.5 Å². The lowest BCUT2D eigenvalue weighted by atomic mass is 9.36. The summed E-state index contributed by atoms with van der Waals surface area (Å²) in [6.45, 7) is 0. The Morgan fingerprint density at radius 3 is 1.58 bits per heavy atom. The summed E-state index contributed by atoms with van der Waals surface area (Å²) in [5.41, 5.74) is 3.34. The minimum Gasteiger partial charge on any atom is -0.469 e. The van der Waals surface area contributed by atoms with Gasteiger partial charge in [-0.1, -0.05) is 115 Å². The molecule has 0 aliphatic heterocycles. The number of hydrogen-bond acceptors (Lipinski definition) is 2. The van der Waals surface area contributed by atoms with E-state index in [9.17, 15) is 4.79 Å². The molecule has 0 amide bonds. The molecule has 2 atom stereocenters. The van der Waals surface area contributed by atoms with E-state index in [0.717, 1.165) is 11.1 Å². The van der Waals surface area contributed by atoms with Crippen LogP contribution in [0.4, 0.5) is 0 Å². The standard InChI is InChI=1S/C30H25ClO2/c1-33-28(32)27-21-29(22-11-5-2-6-12-22,23-13-7-3-8-14-23)30(27,24-15-9-4-10-16-24)25-17-19-26(31)20-18-25/h2-20,27H,21H2,1H3/t27?,30-/m1/s1. The van der Waals surface area contributed by atoms with Gasteiger partial charge >= 0.3 is 5.97 Å². The third-order valence-electron chi connectivity index (χ3n) is 7.25. The van der Waals surface area contributed by atoms with Crippen molar-refractivity contribution in [3.8, 4) is 0 Å². The summed E-state index contributed by atoms with van der Waals surface area (Å²) in [6.07, 6.45) is 0.644. The van der Waals surface area contributed by atoms with Crippen LogP contribution in [0.15, 0.2) is 115 Å². The first kappa shape index (κ1) is 21.5. The normalized spacial score (nSPS) is 21.1. The summed E-state index contributed by atoms with van der Waals surface area (Å²) in [6, 6.07) is 39.4. The second-order valence-corrected chi connectivity index (χ2v) is 9.03. The quantitative estimate of drug-likeness (QED) is 0.311. The van der Waals surface area contributed by atoms with E-state index in [1.54, 1.807) is 0 Å². The Kier molecular flexibility index (Phi) is 5.55. The molecule has 4 aromatic carbocycles. The molecule has 0 N–H and O–H groups in total. The number of benzene rings is 4. The van der Waals surface area contributed by atoms with Crippen molar-refractivity contribution >= 4 is 17.6 Å². The zero-order valence-corrected chi connectivity index (χ0v) is 19.2. The van der Waals surface area contributed by atoms with Gasteiger partial charge in [0.25, 0.3) is 0 Å². The summed E-state index contributed by atoms with van der Waals surface area (Å²) >= 11 is 6.31. The van der Waals surface area contributed by atoms with Crippen molar-refractivity contribution in [3.63, 3.8) is 0 Å². The second-order valence-electron chi connectivity index (χ2n) is 8.60. The lowest BCUT2D eigenvalue weighted by Gasteiger charge is -2.64. The van der Waals surface area contributed by atoms with Crippen LogP contribution in [0.3, 0.4) is 0 Å². The summed E-state index contributed by atoms with van der Waals surface area (Å²) in [5, 5.41) is 0.668. The maximum Gasteiger partial charge on any atom is 0.310 e. The Hall–Kier alpha value is -3.36. The molecule has 1 unspecified atom stereocenters. The van der Waals surface area contributed by atoms with Crippen molar-refractivity contribution in [3.05, 3.63) is 143 Å². The van der Waals surface area contributed by atoms with Crippen LogP contribution in [0, 0.1) is 5.92 Å². The average Bonchev–Trinajstić information content (AvgIpc) is 2.87. The first-order valence-corrected chi connectivity index (χ1v) is 11.5. The number of methoxy groups -OCH3 is 1. The number of halogens is 1. The van der Waals surface area contributed by atoms with Crippen LogP contribution in [-0.2, 0) is 20.4 Å². The van der Waals surface area contributed by atoms with E-state index >= 15 is 0 Å². The molecule has 0 radical (unpaired) electrons. The van der Waals surface area contributed by atoms with Crippen LogP contribution >= 0.6 is 11.6 Å². The molecule has 5 rings (SSSR count). The average molecular weight is 453 g/mol. The Morgan fingerprint density at radius 2 is 1.12 bits per heavy atom. The highest BCUT2D eigenvalue weighted by Crippen LogP contribution is 2.68. The molecule has 3 heteroatoms. The minimum absolute atomic E-state index is 0.198. The van der Waals surface area contributed by atoms with Crippen molar-refractivity contribution < 1.29 is 9.53 Å². The smallest absolute Gasteiger partial charge is 0.310 e. The molecule has 4 aromatic rings. The first-order valence-electron chi connectivity index (χ1n) is 11.1. The van der Waals surface area contributed by atoms with Crippen LogP contribution in [0.1, 0.15) is 28.7 Å². The summed E-state index contributed by atoms with van der Waals surface area (Å²) in [5.74, 6) is -0.553. The van der Waals surface area contributed by atoms with Crippen LogP contribution in [-0.4, -0.2) is 13.1 Å². The molecule has 33 heavy (non-hydrogen) atoms. The number of carbonyl (C=O) groups is 1. The van der Waals surface area contributed by atoms with Gasteiger partial charge in [0.2, 0.25) is 0 Å². The van der Waals surface area contributed by atoms with E-state index in [1.165, 1.54) is 18.2 Å². The van der Waals surface area contributed by atoms with Gasteiger partial charge in [-0.25, -0.2) is 0 Å². The molecule has 1 aliphatic carbocycles. The van der Waals surface area contributed by atoms with Gasteiger partial charge < -0.3 is 4.74 Å². The predicted octanol–water partition coefficient (Wildman–Crippen LogP) is 6.81. The topological polar surface area (TPSA) is 26.3 Å². The van der Waals surface area contributed by atoms with E-state index in [2.05, 4.69) is 72.8 Å². The van der Waals surface area contributed by atoms with Crippen LogP contribution in [0.2, 0.25) is 5.02 Å². The highest BCUT2D eigenvalue weighted by Gasteiger charge is 2.70. The van der Waals surface area contributed by atoms with Crippen molar-refractivity contribution in [2.45, 2.75) is 17.3 Å². The number of rotatable bonds is 5.